The maximum atomic E-state index is 11.7. The van der Waals surface area contributed by atoms with Crippen molar-refractivity contribution in [1.29, 1.82) is 5.26 Å². The molecule has 0 spiro atoms. The summed E-state index contributed by atoms with van der Waals surface area (Å²) < 4.78 is 2.06. The second-order valence-electron chi connectivity index (χ2n) is 4.72. The Morgan fingerprint density at radius 2 is 1.68 bits per heavy atom. The standard InChI is InChI=1S/C16H16N2O/c1-10-11(2)18(12(3)16(10)13(4)19)15-7-5-14(9-17)6-8-15/h5-8H,1-4H3. The Balaban J connectivity index is 2.66. The summed E-state index contributed by atoms with van der Waals surface area (Å²) in [6, 6.07) is 9.49. The lowest BCUT2D eigenvalue weighted by Crippen LogP contribution is -2.01. The van der Waals surface area contributed by atoms with Gasteiger partial charge in [-0.15, -0.1) is 0 Å². The number of rotatable bonds is 2. The number of benzene rings is 1. The molecule has 0 fully saturated rings. The zero-order chi connectivity index (χ0) is 14.2. The molecule has 1 aromatic carbocycles. The number of hydrogen-bond donors (Lipinski definition) is 0. The molecule has 2 aromatic rings. The van der Waals surface area contributed by atoms with Gasteiger partial charge in [0.05, 0.1) is 11.6 Å². The van der Waals surface area contributed by atoms with E-state index in [4.69, 9.17) is 5.26 Å². The Labute approximate surface area is 113 Å². The first kappa shape index (κ1) is 13.1. The number of aromatic nitrogens is 1. The molecule has 0 bridgehead atoms. The molecule has 19 heavy (non-hydrogen) atoms. The average Bonchev–Trinajstić information content (AvgIpc) is 2.60. The zero-order valence-corrected chi connectivity index (χ0v) is 11.6. The smallest absolute Gasteiger partial charge is 0.161 e. The monoisotopic (exact) mass is 252 g/mol. The van der Waals surface area contributed by atoms with E-state index in [0.717, 1.165) is 28.2 Å². The minimum atomic E-state index is 0.0884. The van der Waals surface area contributed by atoms with Crippen LogP contribution < -0.4 is 0 Å². The van der Waals surface area contributed by atoms with Crippen LogP contribution in [-0.2, 0) is 0 Å². The molecule has 3 nitrogen and oxygen atoms in total. The second kappa shape index (κ2) is 4.74. The lowest BCUT2D eigenvalue weighted by atomic mass is 10.1. The number of hydrogen-bond acceptors (Lipinski definition) is 2. The highest BCUT2D eigenvalue weighted by Crippen LogP contribution is 2.26. The highest BCUT2D eigenvalue weighted by Gasteiger charge is 2.18. The van der Waals surface area contributed by atoms with Gasteiger partial charge in [-0.05, 0) is 57.5 Å². The molecule has 1 heterocycles. The SMILES string of the molecule is CC(=O)c1c(C)c(C)n(-c2ccc(C#N)cc2)c1C. The van der Waals surface area contributed by atoms with Crippen LogP contribution in [0.3, 0.4) is 0 Å². The second-order valence-corrected chi connectivity index (χ2v) is 4.72. The van der Waals surface area contributed by atoms with Crippen molar-refractivity contribution < 1.29 is 4.79 Å². The molecule has 0 saturated carbocycles. The molecule has 0 saturated heterocycles. The molecule has 0 unspecified atom stereocenters. The summed E-state index contributed by atoms with van der Waals surface area (Å²) >= 11 is 0. The topological polar surface area (TPSA) is 45.8 Å². The number of carbonyl (C=O) groups excluding carboxylic acids is 1. The maximum Gasteiger partial charge on any atom is 0.161 e. The van der Waals surface area contributed by atoms with Crippen LogP contribution in [0.1, 0.15) is 39.8 Å². The lowest BCUT2D eigenvalue weighted by Gasteiger charge is -2.09. The van der Waals surface area contributed by atoms with Gasteiger partial charge >= 0.3 is 0 Å². The Hall–Kier alpha value is -2.34. The van der Waals surface area contributed by atoms with Crippen molar-refractivity contribution in [3.63, 3.8) is 0 Å². The molecule has 0 radical (unpaired) electrons. The van der Waals surface area contributed by atoms with Crippen LogP contribution in [0, 0.1) is 32.1 Å². The summed E-state index contributed by atoms with van der Waals surface area (Å²) in [6.45, 7) is 7.53. The van der Waals surface area contributed by atoms with Crippen LogP contribution in [0.2, 0.25) is 0 Å². The highest BCUT2D eigenvalue weighted by molar-refractivity contribution is 5.97. The summed E-state index contributed by atoms with van der Waals surface area (Å²) in [7, 11) is 0. The summed E-state index contributed by atoms with van der Waals surface area (Å²) in [5.41, 5.74) is 5.44. The van der Waals surface area contributed by atoms with Gasteiger partial charge in [0, 0.05) is 22.6 Å². The number of carbonyl (C=O) groups is 1. The molecular formula is C16H16N2O. The fraction of sp³-hybridized carbons (Fsp3) is 0.250. The van der Waals surface area contributed by atoms with Crippen molar-refractivity contribution in [3.8, 4) is 11.8 Å². The third kappa shape index (κ3) is 2.06. The summed E-state index contributed by atoms with van der Waals surface area (Å²) in [6.07, 6.45) is 0. The van der Waals surface area contributed by atoms with Crippen LogP contribution in [-0.4, -0.2) is 10.4 Å². The summed E-state index contributed by atoms with van der Waals surface area (Å²) in [4.78, 5) is 11.7. The van der Waals surface area contributed by atoms with E-state index in [1.165, 1.54) is 0 Å². The Morgan fingerprint density at radius 3 is 2.11 bits per heavy atom. The largest absolute Gasteiger partial charge is 0.317 e. The quantitative estimate of drug-likeness (QED) is 0.768. The molecule has 1 aromatic heterocycles. The average molecular weight is 252 g/mol. The molecule has 3 heteroatoms. The first-order chi connectivity index (χ1) is 8.97. The Morgan fingerprint density at radius 1 is 1.11 bits per heavy atom. The lowest BCUT2D eigenvalue weighted by molar-refractivity contribution is 0.101. The maximum absolute atomic E-state index is 11.7. The van der Waals surface area contributed by atoms with E-state index in [2.05, 4.69) is 10.6 Å². The summed E-state index contributed by atoms with van der Waals surface area (Å²) in [5.74, 6) is 0.0884. The van der Waals surface area contributed by atoms with Crippen LogP contribution in [0.4, 0.5) is 0 Å². The van der Waals surface area contributed by atoms with Gasteiger partial charge < -0.3 is 4.57 Å². The van der Waals surface area contributed by atoms with E-state index in [0.29, 0.717) is 5.56 Å². The van der Waals surface area contributed by atoms with Crippen LogP contribution in [0.15, 0.2) is 24.3 Å². The fourth-order valence-corrected chi connectivity index (χ4v) is 2.57. The van der Waals surface area contributed by atoms with Crippen molar-refractivity contribution in [3.05, 3.63) is 52.3 Å². The first-order valence-electron chi connectivity index (χ1n) is 6.17. The molecule has 0 N–H and O–H groups in total. The normalized spacial score (nSPS) is 10.3. The van der Waals surface area contributed by atoms with E-state index >= 15 is 0 Å². The van der Waals surface area contributed by atoms with Gasteiger partial charge in [0.25, 0.3) is 0 Å². The van der Waals surface area contributed by atoms with Crippen molar-refractivity contribution in [2.24, 2.45) is 0 Å². The Kier molecular flexibility index (Phi) is 3.26. The van der Waals surface area contributed by atoms with Gasteiger partial charge in [-0.2, -0.15) is 5.26 Å². The minimum Gasteiger partial charge on any atom is -0.317 e. The van der Waals surface area contributed by atoms with E-state index in [1.54, 1.807) is 19.1 Å². The van der Waals surface area contributed by atoms with Crippen molar-refractivity contribution in [2.75, 3.05) is 0 Å². The van der Waals surface area contributed by atoms with Gasteiger partial charge in [-0.3, -0.25) is 4.79 Å². The third-order valence-electron chi connectivity index (χ3n) is 3.56. The Bertz CT molecular complexity index is 685. The van der Waals surface area contributed by atoms with E-state index in [-0.39, 0.29) is 5.78 Å². The predicted molar refractivity (Wildman–Crippen MR) is 74.7 cm³/mol. The van der Waals surface area contributed by atoms with E-state index in [9.17, 15) is 4.79 Å². The van der Waals surface area contributed by atoms with Gasteiger partial charge in [0.15, 0.2) is 5.78 Å². The van der Waals surface area contributed by atoms with Gasteiger partial charge in [-0.1, -0.05) is 0 Å². The fourth-order valence-electron chi connectivity index (χ4n) is 2.57. The van der Waals surface area contributed by atoms with Gasteiger partial charge in [-0.25, -0.2) is 0 Å². The molecule has 0 amide bonds. The van der Waals surface area contributed by atoms with Crippen LogP contribution >= 0.6 is 0 Å². The van der Waals surface area contributed by atoms with Crippen LogP contribution in [0.5, 0.6) is 0 Å². The molecule has 0 atom stereocenters. The van der Waals surface area contributed by atoms with Crippen molar-refractivity contribution in [1.82, 2.24) is 4.57 Å². The zero-order valence-electron chi connectivity index (χ0n) is 11.6. The number of nitrogens with zero attached hydrogens (tertiary/aromatic N) is 2. The molecular weight excluding hydrogens is 236 g/mol. The first-order valence-corrected chi connectivity index (χ1v) is 6.17. The van der Waals surface area contributed by atoms with Crippen molar-refractivity contribution >= 4 is 5.78 Å². The molecule has 96 valence electrons. The predicted octanol–water partition coefficient (Wildman–Crippen LogP) is 3.48. The number of ketones is 1. The number of Topliss-reactive ketones (excluding diaryl/α,β-unsaturated/α-hetero) is 1. The molecule has 2 rings (SSSR count). The van der Waals surface area contributed by atoms with Crippen LogP contribution in [0.25, 0.3) is 5.69 Å². The molecule has 0 aliphatic rings. The van der Waals surface area contributed by atoms with Gasteiger partial charge in [0.1, 0.15) is 0 Å². The van der Waals surface area contributed by atoms with Gasteiger partial charge in [0.2, 0.25) is 0 Å². The van der Waals surface area contributed by atoms with E-state index < -0.39 is 0 Å². The summed E-state index contributed by atoms with van der Waals surface area (Å²) in [5, 5.41) is 8.83. The number of nitriles is 1. The third-order valence-corrected chi connectivity index (χ3v) is 3.56. The van der Waals surface area contributed by atoms with E-state index in [1.807, 2.05) is 32.9 Å². The van der Waals surface area contributed by atoms with Crippen molar-refractivity contribution in [2.45, 2.75) is 27.7 Å². The highest BCUT2D eigenvalue weighted by atomic mass is 16.1. The molecule has 0 aliphatic heterocycles. The minimum absolute atomic E-state index is 0.0884. The molecule has 0 aliphatic carbocycles.